The molecule has 1 aromatic rings. The van der Waals surface area contributed by atoms with Crippen molar-refractivity contribution in [3.8, 4) is 0 Å². The monoisotopic (exact) mass is 320 g/mol. The molecule has 2 atom stereocenters. The first-order valence-electron chi connectivity index (χ1n) is 5.82. The molecule has 3 heteroatoms. The maximum atomic E-state index is 6.70. The van der Waals surface area contributed by atoms with E-state index < -0.39 is 0 Å². The molecule has 1 aliphatic rings. The summed E-state index contributed by atoms with van der Waals surface area (Å²) in [6.07, 6.45) is 3.91. The van der Waals surface area contributed by atoms with Crippen LogP contribution in [0.2, 0.25) is 0 Å². The van der Waals surface area contributed by atoms with Crippen molar-refractivity contribution < 1.29 is 0 Å². The van der Waals surface area contributed by atoms with Crippen LogP contribution >= 0.6 is 38.9 Å². The molecule has 90 valence electrons. The average Bonchev–Trinajstić information content (AvgIpc) is 2.68. The van der Waals surface area contributed by atoms with E-state index in [0.29, 0.717) is 11.3 Å². The average molecular weight is 322 g/mol. The number of hydrogen-bond acceptors (Lipinski definition) is 1. The Morgan fingerprint density at radius 2 is 2.25 bits per heavy atom. The van der Waals surface area contributed by atoms with Gasteiger partial charge in [-0.05, 0) is 58.7 Å². The minimum Gasteiger partial charge on any atom is -0.133 e. The van der Waals surface area contributed by atoms with E-state index in [1.807, 2.05) is 0 Å². The lowest BCUT2D eigenvalue weighted by Crippen LogP contribution is -2.21. The highest BCUT2D eigenvalue weighted by Crippen LogP contribution is 2.52. The number of aryl methyl sites for hydroxylation is 1. The Hall–Kier alpha value is 0.470. The van der Waals surface area contributed by atoms with Gasteiger partial charge in [0.1, 0.15) is 0 Å². The molecule has 0 nitrogen and oxygen atoms in total. The number of rotatable bonds is 2. The predicted octanol–water partition coefficient (Wildman–Crippen LogP) is 5.93. The summed E-state index contributed by atoms with van der Waals surface area (Å²) in [5, 5.41) is 0.181. The second kappa shape index (κ2) is 4.62. The zero-order valence-electron chi connectivity index (χ0n) is 10.0. The normalized spacial score (nSPS) is 25.9. The van der Waals surface area contributed by atoms with E-state index in [1.165, 1.54) is 33.5 Å². The summed E-state index contributed by atoms with van der Waals surface area (Å²) in [7, 11) is 0. The lowest BCUT2D eigenvalue weighted by molar-refractivity contribution is 0.252. The first-order valence-corrected chi connectivity index (χ1v) is 7.86. The van der Waals surface area contributed by atoms with E-state index in [0.717, 1.165) is 0 Å². The van der Waals surface area contributed by atoms with Gasteiger partial charge in [0.25, 0.3) is 0 Å². The van der Waals surface area contributed by atoms with Gasteiger partial charge >= 0.3 is 0 Å². The zero-order chi connectivity index (χ0) is 11.9. The van der Waals surface area contributed by atoms with Gasteiger partial charge in [0.2, 0.25) is 0 Å². The van der Waals surface area contributed by atoms with Gasteiger partial charge < -0.3 is 0 Å². The van der Waals surface area contributed by atoms with Crippen LogP contribution in [0.4, 0.5) is 0 Å². The number of hydrogen-bond donors (Lipinski definition) is 0. The molecule has 0 aliphatic heterocycles. The Bertz CT molecular complexity index is 383. The minimum atomic E-state index is 0.181. The fourth-order valence-corrected chi connectivity index (χ4v) is 5.36. The molecule has 0 aromatic carbocycles. The Morgan fingerprint density at radius 1 is 1.56 bits per heavy atom. The minimum absolute atomic E-state index is 0.181. The van der Waals surface area contributed by atoms with Crippen molar-refractivity contribution >= 4 is 38.9 Å². The molecule has 0 amide bonds. The van der Waals surface area contributed by atoms with Gasteiger partial charge in [0.05, 0.1) is 9.16 Å². The van der Waals surface area contributed by atoms with E-state index in [4.69, 9.17) is 11.6 Å². The molecule has 0 spiro atoms. The standard InChI is InChI=1S/C13H18BrClS/c1-8-9(7-11(14)16-8)12(15)10-5-4-6-13(10,2)3/h7,10,12H,4-6H2,1-3H3. The van der Waals surface area contributed by atoms with Crippen LogP contribution in [0.5, 0.6) is 0 Å². The molecule has 2 unspecified atom stereocenters. The van der Waals surface area contributed by atoms with Crippen molar-refractivity contribution in [3.05, 3.63) is 20.3 Å². The van der Waals surface area contributed by atoms with E-state index in [2.05, 4.69) is 42.8 Å². The van der Waals surface area contributed by atoms with Crippen LogP contribution in [0.1, 0.15) is 48.9 Å². The largest absolute Gasteiger partial charge is 0.133 e. The highest BCUT2D eigenvalue weighted by Gasteiger charge is 2.40. The maximum Gasteiger partial charge on any atom is 0.0704 e. The summed E-state index contributed by atoms with van der Waals surface area (Å²) < 4.78 is 1.20. The third-order valence-corrected chi connectivity index (χ3v) is 6.03. The van der Waals surface area contributed by atoms with Gasteiger partial charge in [-0.15, -0.1) is 22.9 Å². The smallest absolute Gasteiger partial charge is 0.0704 e. The highest BCUT2D eigenvalue weighted by atomic mass is 79.9. The van der Waals surface area contributed by atoms with Gasteiger partial charge in [0, 0.05) is 4.88 Å². The second-order valence-electron chi connectivity index (χ2n) is 5.45. The summed E-state index contributed by atoms with van der Waals surface area (Å²) >= 11 is 12.0. The quantitative estimate of drug-likeness (QED) is 0.593. The molecule has 0 saturated heterocycles. The van der Waals surface area contributed by atoms with Crippen LogP contribution in [0, 0.1) is 18.3 Å². The number of halogens is 2. The number of thiophene rings is 1. The van der Waals surface area contributed by atoms with Crippen LogP contribution in [-0.4, -0.2) is 0 Å². The lowest BCUT2D eigenvalue weighted by Gasteiger charge is -2.31. The molecule has 1 aliphatic carbocycles. The van der Waals surface area contributed by atoms with Gasteiger partial charge in [-0.1, -0.05) is 20.3 Å². The van der Waals surface area contributed by atoms with Crippen molar-refractivity contribution in [2.24, 2.45) is 11.3 Å². The van der Waals surface area contributed by atoms with Crippen LogP contribution < -0.4 is 0 Å². The Morgan fingerprint density at radius 3 is 2.69 bits per heavy atom. The van der Waals surface area contributed by atoms with E-state index in [9.17, 15) is 0 Å². The predicted molar refractivity (Wildman–Crippen MR) is 76.5 cm³/mol. The topological polar surface area (TPSA) is 0 Å². The van der Waals surface area contributed by atoms with Crippen molar-refractivity contribution in [2.75, 3.05) is 0 Å². The molecule has 0 N–H and O–H groups in total. The Balaban J connectivity index is 2.25. The Labute approximate surface area is 116 Å². The summed E-state index contributed by atoms with van der Waals surface area (Å²) in [6, 6.07) is 2.20. The van der Waals surface area contributed by atoms with Crippen LogP contribution in [-0.2, 0) is 0 Å². The fourth-order valence-electron chi connectivity index (χ4n) is 2.85. The highest BCUT2D eigenvalue weighted by molar-refractivity contribution is 9.11. The van der Waals surface area contributed by atoms with Crippen molar-refractivity contribution in [1.29, 1.82) is 0 Å². The zero-order valence-corrected chi connectivity index (χ0v) is 13.2. The molecular weight excluding hydrogens is 304 g/mol. The first-order chi connectivity index (χ1) is 7.42. The third kappa shape index (κ3) is 2.34. The van der Waals surface area contributed by atoms with Crippen LogP contribution in [0.3, 0.4) is 0 Å². The molecule has 1 saturated carbocycles. The first kappa shape index (κ1) is 12.9. The molecular formula is C13H18BrClS. The molecule has 1 heterocycles. The van der Waals surface area contributed by atoms with Crippen molar-refractivity contribution in [2.45, 2.75) is 45.4 Å². The van der Waals surface area contributed by atoms with Crippen LogP contribution in [0.15, 0.2) is 9.85 Å². The van der Waals surface area contributed by atoms with Gasteiger partial charge in [-0.2, -0.15) is 0 Å². The second-order valence-corrected chi connectivity index (χ2v) is 8.56. The lowest BCUT2D eigenvalue weighted by atomic mass is 9.78. The summed E-state index contributed by atoms with van der Waals surface area (Å²) in [6.45, 7) is 6.88. The van der Waals surface area contributed by atoms with E-state index >= 15 is 0 Å². The molecule has 16 heavy (non-hydrogen) atoms. The molecule has 1 fully saturated rings. The van der Waals surface area contributed by atoms with Crippen LogP contribution in [0.25, 0.3) is 0 Å². The molecule has 0 bridgehead atoms. The fraction of sp³-hybridized carbons (Fsp3) is 0.692. The third-order valence-electron chi connectivity index (χ3n) is 3.92. The van der Waals surface area contributed by atoms with E-state index in [1.54, 1.807) is 11.3 Å². The van der Waals surface area contributed by atoms with E-state index in [-0.39, 0.29) is 5.38 Å². The Kier molecular flexibility index (Phi) is 3.73. The van der Waals surface area contributed by atoms with Crippen molar-refractivity contribution in [1.82, 2.24) is 0 Å². The van der Waals surface area contributed by atoms with Gasteiger partial charge in [-0.3, -0.25) is 0 Å². The molecule has 1 aromatic heterocycles. The van der Waals surface area contributed by atoms with Gasteiger partial charge in [-0.25, -0.2) is 0 Å². The summed E-state index contributed by atoms with van der Waals surface area (Å²) in [4.78, 5) is 1.36. The SMILES string of the molecule is Cc1sc(Br)cc1C(Cl)C1CCCC1(C)C. The summed E-state index contributed by atoms with van der Waals surface area (Å²) in [5.41, 5.74) is 1.73. The summed E-state index contributed by atoms with van der Waals surface area (Å²) in [5.74, 6) is 0.620. The molecule has 0 radical (unpaired) electrons. The van der Waals surface area contributed by atoms with Crippen molar-refractivity contribution in [3.63, 3.8) is 0 Å². The number of alkyl halides is 1. The van der Waals surface area contributed by atoms with Gasteiger partial charge in [0.15, 0.2) is 0 Å². The molecule has 2 rings (SSSR count). The maximum absolute atomic E-state index is 6.70.